The number of allylic oxidation sites excluding steroid dienone is 3. The van der Waals surface area contributed by atoms with Crippen molar-refractivity contribution in [3.63, 3.8) is 0 Å². The lowest BCUT2D eigenvalue weighted by Crippen LogP contribution is -2.71. The summed E-state index contributed by atoms with van der Waals surface area (Å²) in [6.07, 6.45) is 2.02. The molecule has 0 N–H and O–H groups in total. The number of carbonyl (C=O) groups is 5. The molecule has 2 saturated carbocycles. The van der Waals surface area contributed by atoms with Crippen molar-refractivity contribution < 1.29 is 42.9 Å². The number of ether oxygens (including phenoxy) is 4. The van der Waals surface area contributed by atoms with Gasteiger partial charge in [0.2, 0.25) is 0 Å². The lowest BCUT2D eigenvalue weighted by molar-refractivity contribution is -0.218. The van der Waals surface area contributed by atoms with Crippen molar-refractivity contribution in [2.24, 2.45) is 38.9 Å². The molecular formula is C30H38O9. The summed E-state index contributed by atoms with van der Waals surface area (Å²) in [6, 6.07) is 0. The van der Waals surface area contributed by atoms with Gasteiger partial charge in [-0.05, 0) is 40.0 Å². The number of hydrogen-bond acceptors (Lipinski definition) is 9. The van der Waals surface area contributed by atoms with Gasteiger partial charge in [-0.3, -0.25) is 24.0 Å². The average Bonchev–Trinajstić information content (AvgIpc) is 3.17. The third-order valence-electron chi connectivity index (χ3n) is 11.2. The Kier molecular flexibility index (Phi) is 5.69. The van der Waals surface area contributed by atoms with Crippen LogP contribution >= 0.6 is 0 Å². The molecule has 0 spiro atoms. The third kappa shape index (κ3) is 2.84. The Morgan fingerprint density at radius 1 is 1.03 bits per heavy atom. The van der Waals surface area contributed by atoms with Crippen molar-refractivity contribution in [1.29, 1.82) is 0 Å². The van der Waals surface area contributed by atoms with Crippen molar-refractivity contribution in [3.05, 3.63) is 23.0 Å². The molecule has 0 radical (unpaired) electrons. The molecule has 0 aromatic carbocycles. The predicted octanol–water partition coefficient (Wildman–Crippen LogP) is 3.84. The van der Waals surface area contributed by atoms with Crippen LogP contribution in [0.15, 0.2) is 23.0 Å². The monoisotopic (exact) mass is 562 g/mol. The topological polar surface area (TPSA) is 122 Å². The normalized spacial score (nSPS) is 45.9. The van der Waals surface area contributed by atoms with Gasteiger partial charge in [0.15, 0.2) is 5.78 Å². The fourth-order valence-corrected chi connectivity index (χ4v) is 9.85. The SMILES string of the molecule is CO[13C](=O)[13C@]12[13C](OC(C)=O)=[13C](C)C(=O)[13C@@]1([13CH3])C(C)=[13CH][13C@@H]1[13C@@]34C[13CH2][13C@@H](O[13C]([13CH3])=O)[13C](C)([13CH3])[13CH]3[13C@@H](C[13C@]12[13CH3])O[13C]4=O. The van der Waals surface area contributed by atoms with Crippen molar-refractivity contribution in [1.82, 2.24) is 0 Å². The minimum atomic E-state index is -1.70. The summed E-state index contributed by atoms with van der Waals surface area (Å²) in [5.74, 6) is -3.21. The van der Waals surface area contributed by atoms with Crippen LogP contribution in [-0.2, 0) is 42.9 Å². The number of rotatable bonds is 3. The fraction of sp³-hybridized carbons (Fsp3) is 0.700. The fourth-order valence-electron chi connectivity index (χ4n) is 9.85. The summed E-state index contributed by atoms with van der Waals surface area (Å²) >= 11 is 0. The molecule has 9 nitrogen and oxygen atoms in total. The van der Waals surface area contributed by atoms with E-state index in [1.54, 1.807) is 20.8 Å². The molecule has 1 saturated heterocycles. The molecule has 3 fully saturated rings. The molecule has 4 aliphatic carbocycles. The molecule has 1 heterocycles. The first-order valence-corrected chi connectivity index (χ1v) is 13.6. The molecule has 2 bridgehead atoms. The maximum absolute atomic E-state index is 14.2. The van der Waals surface area contributed by atoms with E-state index < -0.39 is 57.1 Å². The van der Waals surface area contributed by atoms with Crippen LogP contribution < -0.4 is 0 Å². The van der Waals surface area contributed by atoms with Crippen LogP contribution in [-0.4, -0.2) is 49.0 Å². The second-order valence-electron chi connectivity index (χ2n) is 13.1. The third-order valence-corrected chi connectivity index (χ3v) is 11.2. The first kappa shape index (κ1) is 27.6. The Balaban J connectivity index is 1.82. The van der Waals surface area contributed by atoms with E-state index in [0.29, 0.717) is 18.4 Å². The molecular weight excluding hydrogens is 524 g/mol. The van der Waals surface area contributed by atoms with Gasteiger partial charge in [-0.2, -0.15) is 0 Å². The van der Waals surface area contributed by atoms with Gasteiger partial charge in [0.1, 0.15) is 23.4 Å². The highest BCUT2D eigenvalue weighted by molar-refractivity contribution is 6.12. The van der Waals surface area contributed by atoms with Crippen molar-refractivity contribution >= 4 is 29.7 Å². The van der Waals surface area contributed by atoms with Gasteiger partial charge in [0, 0.05) is 42.1 Å². The average molecular weight is 562 g/mol. The second kappa shape index (κ2) is 8.04. The van der Waals surface area contributed by atoms with Crippen LogP contribution in [0.2, 0.25) is 0 Å². The van der Waals surface area contributed by atoms with Gasteiger partial charge in [0.25, 0.3) is 0 Å². The largest absolute Gasteiger partial charge is 0.468 e. The minimum Gasteiger partial charge on any atom is -0.468 e. The highest BCUT2D eigenvalue weighted by Crippen LogP contribution is 2.79. The first-order valence-electron chi connectivity index (χ1n) is 13.6. The molecule has 0 aromatic heterocycles. The summed E-state index contributed by atoms with van der Waals surface area (Å²) in [5.41, 5.74) is -5.02. The Bertz CT molecular complexity index is 1290. The molecule has 9 heteroatoms. The smallest absolute Gasteiger partial charge is 0.321 e. The molecule has 5 aliphatic rings. The molecule has 0 aromatic rings. The van der Waals surface area contributed by atoms with Crippen molar-refractivity contribution in [3.8, 4) is 0 Å². The van der Waals surface area contributed by atoms with E-state index in [0.717, 1.165) is 0 Å². The van der Waals surface area contributed by atoms with Gasteiger partial charge in [-0.1, -0.05) is 32.4 Å². The van der Waals surface area contributed by atoms with Crippen molar-refractivity contribution in [2.45, 2.75) is 86.9 Å². The number of Topliss-reactive ketones (excluding diaryl/α,β-unsaturated/α-hetero) is 1. The molecule has 1 aliphatic heterocycles. The minimum absolute atomic E-state index is 0.00357. The highest BCUT2D eigenvalue weighted by Gasteiger charge is 2.85. The van der Waals surface area contributed by atoms with Gasteiger partial charge >= 0.3 is 23.9 Å². The molecule has 39 heavy (non-hydrogen) atoms. The first-order chi connectivity index (χ1) is 18.0. The summed E-state index contributed by atoms with van der Waals surface area (Å²) in [5, 5.41) is 0. The summed E-state index contributed by atoms with van der Waals surface area (Å²) in [6.45, 7) is 13.6. The van der Waals surface area contributed by atoms with Crippen LogP contribution in [0, 0.1) is 38.9 Å². The van der Waals surface area contributed by atoms with Crippen LogP contribution in [0.1, 0.15) is 74.7 Å². The molecule has 9 atom stereocenters. The van der Waals surface area contributed by atoms with Gasteiger partial charge in [-0.25, -0.2) is 0 Å². The number of methoxy groups -OCH3 is 1. The van der Waals surface area contributed by atoms with E-state index in [-0.39, 0.29) is 41.4 Å². The Labute approximate surface area is 228 Å². The second-order valence-corrected chi connectivity index (χ2v) is 13.1. The standard InChI is InChI=1S/C30H38O9/c1-14-12-19-27(7,30(25(35)36-9)23(38-17(4)32)15(2)22(33)28(14,30)8)13-18-21-26(5,6)20(37-16(3)31)10-11-29(19,21)24(34)39-18/h12,18-21H,10-11,13H2,1-9H3/t18-,19+,20-,21?,27-,28-,29+,30+/m1/s1/i3+1,5+1,7+1,8+1,10+1,12+1,15+1,16+1,18+1,19+1,20+1,21+1,23+1,24+1,25+1,26+1,27+1,28+1,29+1,30+1/t18-,19+,20-,21?,26?,27-,28-,29+,30+. The summed E-state index contributed by atoms with van der Waals surface area (Å²) in [7, 11) is 1.26. The molecule has 212 valence electrons. The molecule has 5 rings (SSSR count). The van der Waals surface area contributed by atoms with E-state index in [9.17, 15) is 24.0 Å². The molecule has 2 unspecified atom stereocenters. The van der Waals surface area contributed by atoms with Crippen LogP contribution in [0.3, 0.4) is 0 Å². The zero-order chi connectivity index (χ0) is 29.1. The van der Waals surface area contributed by atoms with Gasteiger partial charge in [0.05, 0.1) is 17.9 Å². The maximum Gasteiger partial charge on any atom is 0.321 e. The van der Waals surface area contributed by atoms with E-state index >= 15 is 0 Å². The predicted molar refractivity (Wildman–Crippen MR) is 136 cm³/mol. The number of fused-ring (bicyclic) bond motifs is 3. The lowest BCUT2D eigenvalue weighted by Gasteiger charge is -2.66. The number of hydrogen-bond donors (Lipinski definition) is 0. The zero-order valence-electron chi connectivity index (χ0n) is 24.2. The van der Waals surface area contributed by atoms with Gasteiger partial charge in [-0.15, -0.1) is 0 Å². The summed E-state index contributed by atoms with van der Waals surface area (Å²) < 4.78 is 23.1. The van der Waals surface area contributed by atoms with Crippen LogP contribution in [0.25, 0.3) is 0 Å². The lowest BCUT2D eigenvalue weighted by atomic mass is 10.1. The summed E-state index contributed by atoms with van der Waals surface area (Å²) in [4.78, 5) is 66.6. The zero-order valence-corrected chi connectivity index (χ0v) is 24.2. The maximum atomic E-state index is 14.2. The number of carbonyl (C=O) groups excluding carboxylic acids is 5. The highest BCUT2D eigenvalue weighted by atomic mass is 16.7. The number of ketones is 1. The van der Waals surface area contributed by atoms with E-state index in [4.69, 9.17) is 18.9 Å². The van der Waals surface area contributed by atoms with Crippen LogP contribution in [0.5, 0.6) is 0 Å². The van der Waals surface area contributed by atoms with Crippen molar-refractivity contribution in [2.75, 3.05) is 7.11 Å². The number of esters is 4. The van der Waals surface area contributed by atoms with Gasteiger partial charge < -0.3 is 18.9 Å². The quantitative estimate of drug-likeness (QED) is 0.219. The Morgan fingerprint density at radius 2 is 1.67 bits per heavy atom. The van der Waals surface area contributed by atoms with E-state index in [1.807, 2.05) is 26.8 Å². The Hall–Kier alpha value is -2.97. The Morgan fingerprint density at radius 3 is 2.23 bits per heavy atom. The van der Waals surface area contributed by atoms with Crippen LogP contribution in [0.4, 0.5) is 0 Å². The van der Waals surface area contributed by atoms with E-state index in [2.05, 4.69) is 0 Å². The van der Waals surface area contributed by atoms with E-state index in [1.165, 1.54) is 21.0 Å². The molecule has 0 amide bonds.